The van der Waals surface area contributed by atoms with Gasteiger partial charge in [0, 0.05) is 11.3 Å². The Morgan fingerprint density at radius 3 is 1.71 bits per heavy atom. The van der Waals surface area contributed by atoms with Crippen LogP contribution in [-0.2, 0) is 0 Å². The van der Waals surface area contributed by atoms with Gasteiger partial charge < -0.3 is 10.1 Å². The van der Waals surface area contributed by atoms with Gasteiger partial charge in [-0.15, -0.1) is 0 Å². The molecule has 3 aromatic carbocycles. The molecule has 0 heterocycles. The first-order valence-electron chi connectivity index (χ1n) is 12.8. The highest BCUT2D eigenvalue weighted by Gasteiger charge is 2.65. The Morgan fingerprint density at radius 2 is 1.18 bits per heavy atom. The van der Waals surface area contributed by atoms with Gasteiger partial charge in [0.25, 0.3) is 5.91 Å². The van der Waals surface area contributed by atoms with Crippen molar-refractivity contribution >= 4 is 21.8 Å². The third-order valence-corrected chi connectivity index (χ3v) is 7.32. The molecule has 0 aliphatic heterocycles. The molecule has 0 saturated carbocycles. The van der Waals surface area contributed by atoms with Crippen molar-refractivity contribution < 1.29 is 29.0 Å². The molecule has 0 unspecified atom stereocenters. The van der Waals surface area contributed by atoms with E-state index in [1.165, 1.54) is 44.9 Å². The molecule has 9 heteroatoms. The number of carbonyl (C=O) groups is 1. The number of anilines is 1. The number of benzene rings is 3. The number of rotatable bonds is 14. The smallest absolute Gasteiger partial charge is 0.310 e. The van der Waals surface area contributed by atoms with Crippen molar-refractivity contribution in [2.45, 2.75) is 63.2 Å². The van der Waals surface area contributed by atoms with Crippen LogP contribution in [0.1, 0.15) is 68.6 Å². The Bertz CT molecular complexity index is 1180. The summed E-state index contributed by atoms with van der Waals surface area (Å²) in [6.07, 6.45) is 9.93. The molecule has 0 bridgehead atoms. The number of ether oxygens (including phenoxy) is 1. The van der Waals surface area contributed by atoms with Crippen LogP contribution in [0.4, 0.5) is 25.1 Å². The summed E-state index contributed by atoms with van der Waals surface area (Å²) in [5, 5.41) is 2.42. The SMILES string of the molecule is CCCCCCCCCCOc1ccc(-c2ccc(C(=O)Nc3ccc(S(F)(F)(F)(F)F)cc3)cc2)cc1. The van der Waals surface area contributed by atoms with E-state index in [1.807, 2.05) is 24.3 Å². The molecular weight excluding hydrogens is 521 g/mol. The molecule has 0 aliphatic carbocycles. The van der Waals surface area contributed by atoms with Gasteiger partial charge in [0.1, 0.15) is 10.6 Å². The molecule has 3 aromatic rings. The number of unbranched alkanes of at least 4 members (excludes halogenated alkanes) is 7. The third kappa shape index (κ3) is 9.35. The molecule has 0 atom stereocenters. The van der Waals surface area contributed by atoms with Gasteiger partial charge in [0.15, 0.2) is 0 Å². The molecule has 1 N–H and O–H groups in total. The fourth-order valence-corrected chi connectivity index (χ4v) is 4.63. The fourth-order valence-electron chi connectivity index (χ4n) is 3.98. The average molecular weight is 556 g/mol. The lowest BCUT2D eigenvalue weighted by Crippen LogP contribution is -2.12. The van der Waals surface area contributed by atoms with Gasteiger partial charge in [-0.05, 0) is 66.1 Å². The molecule has 3 rings (SSSR count). The predicted molar refractivity (Wildman–Crippen MR) is 146 cm³/mol. The van der Waals surface area contributed by atoms with Gasteiger partial charge in [-0.25, -0.2) is 0 Å². The molecule has 208 valence electrons. The Morgan fingerprint density at radius 1 is 0.684 bits per heavy atom. The van der Waals surface area contributed by atoms with Gasteiger partial charge >= 0.3 is 10.2 Å². The van der Waals surface area contributed by atoms with Gasteiger partial charge in [-0.1, -0.05) is 95.6 Å². The Balaban J connectivity index is 1.47. The lowest BCUT2D eigenvalue weighted by molar-refractivity contribution is 0.102. The van der Waals surface area contributed by atoms with Crippen LogP contribution in [0.5, 0.6) is 5.75 Å². The van der Waals surface area contributed by atoms with Gasteiger partial charge in [0.2, 0.25) is 0 Å². The van der Waals surface area contributed by atoms with Crippen LogP contribution in [0.3, 0.4) is 0 Å². The van der Waals surface area contributed by atoms with Crippen LogP contribution in [-0.4, -0.2) is 12.5 Å². The largest absolute Gasteiger partial charge is 0.494 e. The predicted octanol–water partition coefficient (Wildman–Crippen LogP) is 10.8. The molecule has 0 fully saturated rings. The molecule has 3 nitrogen and oxygen atoms in total. The highest BCUT2D eigenvalue weighted by Crippen LogP contribution is 3.02. The summed E-state index contributed by atoms with van der Waals surface area (Å²) >= 11 is 0. The minimum Gasteiger partial charge on any atom is -0.494 e. The van der Waals surface area contributed by atoms with Crippen molar-refractivity contribution in [3.05, 3.63) is 78.4 Å². The topological polar surface area (TPSA) is 38.3 Å². The summed E-state index contributed by atoms with van der Waals surface area (Å²) in [6, 6.07) is 16.5. The van der Waals surface area contributed by atoms with Crippen molar-refractivity contribution in [2.75, 3.05) is 11.9 Å². The van der Waals surface area contributed by atoms with E-state index in [-0.39, 0.29) is 23.4 Å². The van der Waals surface area contributed by atoms with E-state index in [9.17, 15) is 24.2 Å². The zero-order valence-corrected chi connectivity index (χ0v) is 22.2. The van der Waals surface area contributed by atoms with E-state index in [1.54, 1.807) is 24.3 Å². The molecule has 38 heavy (non-hydrogen) atoms. The van der Waals surface area contributed by atoms with Crippen molar-refractivity contribution in [3.8, 4) is 16.9 Å². The summed E-state index contributed by atoms with van der Waals surface area (Å²) in [5.41, 5.74) is 2.06. The second-order valence-electron chi connectivity index (χ2n) is 9.37. The van der Waals surface area contributed by atoms with Crippen LogP contribution in [0.2, 0.25) is 0 Å². The van der Waals surface area contributed by atoms with Gasteiger partial charge in [-0.2, -0.15) is 0 Å². The van der Waals surface area contributed by atoms with E-state index in [0.29, 0.717) is 6.61 Å². The molecule has 1 amide bonds. The fraction of sp³-hybridized carbons (Fsp3) is 0.345. The third-order valence-electron chi connectivity index (χ3n) is 6.16. The number of carbonyl (C=O) groups excluding carboxylic acids is 1. The normalized spacial score (nSPS) is 13.4. The Hall–Kier alpha value is -3.07. The quantitative estimate of drug-likeness (QED) is 0.159. The average Bonchev–Trinajstić information content (AvgIpc) is 2.87. The minimum absolute atomic E-state index is 0.0211. The second-order valence-corrected chi connectivity index (χ2v) is 11.8. The van der Waals surface area contributed by atoms with E-state index >= 15 is 0 Å². The minimum atomic E-state index is -9.75. The maximum atomic E-state index is 12.8. The zero-order chi connectivity index (χ0) is 27.7. The summed E-state index contributed by atoms with van der Waals surface area (Å²) in [5.74, 6) is 0.227. The van der Waals surface area contributed by atoms with E-state index in [2.05, 4.69) is 12.2 Å². The zero-order valence-electron chi connectivity index (χ0n) is 21.4. The number of nitrogens with one attached hydrogen (secondary N) is 1. The maximum Gasteiger partial charge on any atom is 0.310 e. The van der Waals surface area contributed by atoms with Gasteiger partial charge in [0.05, 0.1) is 6.61 Å². The standard InChI is InChI=1S/C29H34F5NO2S/c1-2-3-4-5-6-7-8-9-22-37-27-18-14-24(15-19-27)23-10-12-25(13-11-23)29(36)35-26-16-20-28(21-17-26)38(30,31,32,33)34/h10-21H,2-9,22H2,1H3,(H,35,36). The monoisotopic (exact) mass is 555 g/mol. The molecule has 0 saturated heterocycles. The molecule has 0 spiro atoms. The van der Waals surface area contributed by atoms with Crippen LogP contribution in [0.15, 0.2) is 77.7 Å². The summed E-state index contributed by atoms with van der Waals surface area (Å²) in [7, 11) is -9.75. The number of hydrogen-bond donors (Lipinski definition) is 1. The number of amides is 1. The second kappa shape index (κ2) is 11.8. The molecule has 0 aromatic heterocycles. The molecular formula is C29H34F5NO2S. The van der Waals surface area contributed by atoms with E-state index in [0.717, 1.165) is 35.4 Å². The number of halogens is 5. The number of hydrogen-bond acceptors (Lipinski definition) is 2. The lowest BCUT2D eigenvalue weighted by Gasteiger charge is -2.40. The van der Waals surface area contributed by atoms with E-state index in [4.69, 9.17) is 4.74 Å². The van der Waals surface area contributed by atoms with Gasteiger partial charge in [-0.3, -0.25) is 4.79 Å². The Labute approximate surface area is 221 Å². The molecule has 0 aliphatic rings. The maximum absolute atomic E-state index is 12.8. The van der Waals surface area contributed by atoms with Crippen molar-refractivity contribution in [3.63, 3.8) is 0 Å². The Kier molecular flexibility index (Phi) is 9.13. The first kappa shape index (κ1) is 29.5. The molecule has 0 radical (unpaired) electrons. The highest BCUT2D eigenvalue weighted by molar-refractivity contribution is 8.45. The lowest BCUT2D eigenvalue weighted by atomic mass is 10.0. The van der Waals surface area contributed by atoms with Crippen LogP contribution < -0.4 is 10.1 Å². The summed E-state index contributed by atoms with van der Waals surface area (Å²) in [4.78, 5) is 10.4. The van der Waals surface area contributed by atoms with Crippen molar-refractivity contribution in [2.24, 2.45) is 0 Å². The summed E-state index contributed by atoms with van der Waals surface area (Å²) in [6.45, 7) is 2.90. The van der Waals surface area contributed by atoms with E-state index < -0.39 is 21.0 Å². The van der Waals surface area contributed by atoms with Crippen molar-refractivity contribution in [1.82, 2.24) is 0 Å². The van der Waals surface area contributed by atoms with Crippen molar-refractivity contribution in [1.29, 1.82) is 0 Å². The van der Waals surface area contributed by atoms with Crippen LogP contribution >= 0.6 is 10.2 Å². The first-order chi connectivity index (χ1) is 17.9. The van der Waals surface area contributed by atoms with Crippen LogP contribution in [0.25, 0.3) is 11.1 Å². The highest BCUT2D eigenvalue weighted by atomic mass is 32.5. The van der Waals surface area contributed by atoms with Crippen LogP contribution in [0, 0.1) is 0 Å². The summed E-state index contributed by atoms with van der Waals surface area (Å²) < 4.78 is 70.1. The first-order valence-corrected chi connectivity index (χ1v) is 14.8.